The summed E-state index contributed by atoms with van der Waals surface area (Å²) in [7, 11) is 0. The molecule has 0 saturated carbocycles. The van der Waals surface area contributed by atoms with E-state index in [1.165, 1.54) is 5.56 Å². The Balaban J connectivity index is 2.18. The van der Waals surface area contributed by atoms with E-state index in [-0.39, 0.29) is 11.7 Å². The number of nitrogens with one attached hydrogen (secondary N) is 1. The summed E-state index contributed by atoms with van der Waals surface area (Å²) in [4.78, 5) is 12.6. The van der Waals surface area contributed by atoms with Gasteiger partial charge in [-0.1, -0.05) is 24.2 Å². The SMILES string of the molecule is CCc1ccc(NC(=O)C2(C(N)=NO)CCOCC2)cc1. The number of oxime groups is 1. The third-order valence-corrected chi connectivity index (χ3v) is 4.00. The molecule has 1 saturated heterocycles. The lowest BCUT2D eigenvalue weighted by Crippen LogP contribution is -2.50. The maximum absolute atomic E-state index is 12.6. The molecule has 1 heterocycles. The van der Waals surface area contributed by atoms with Crippen molar-refractivity contribution in [2.24, 2.45) is 16.3 Å². The number of hydrogen-bond donors (Lipinski definition) is 3. The quantitative estimate of drug-likeness (QED) is 0.340. The van der Waals surface area contributed by atoms with Gasteiger partial charge in [-0.25, -0.2) is 0 Å². The monoisotopic (exact) mass is 291 g/mol. The van der Waals surface area contributed by atoms with Crippen molar-refractivity contribution in [3.8, 4) is 0 Å². The summed E-state index contributed by atoms with van der Waals surface area (Å²) in [6, 6.07) is 7.65. The lowest BCUT2D eigenvalue weighted by molar-refractivity contribution is -0.126. The van der Waals surface area contributed by atoms with Gasteiger partial charge in [0.05, 0.1) is 0 Å². The first-order valence-corrected chi connectivity index (χ1v) is 7.08. The van der Waals surface area contributed by atoms with Crippen LogP contribution in [0.15, 0.2) is 29.4 Å². The van der Waals surface area contributed by atoms with E-state index in [1.807, 2.05) is 24.3 Å². The predicted octanol–water partition coefficient (Wildman–Crippen LogP) is 1.73. The van der Waals surface area contributed by atoms with E-state index in [9.17, 15) is 4.79 Å². The topological polar surface area (TPSA) is 96.9 Å². The highest BCUT2D eigenvalue weighted by atomic mass is 16.5. The first-order chi connectivity index (χ1) is 10.1. The smallest absolute Gasteiger partial charge is 0.238 e. The average molecular weight is 291 g/mol. The van der Waals surface area contributed by atoms with Gasteiger partial charge < -0.3 is 21.0 Å². The molecule has 0 aromatic heterocycles. The van der Waals surface area contributed by atoms with Crippen LogP contribution in [0.2, 0.25) is 0 Å². The van der Waals surface area contributed by atoms with Crippen molar-refractivity contribution in [2.45, 2.75) is 26.2 Å². The Hall–Kier alpha value is -2.08. The van der Waals surface area contributed by atoms with Gasteiger partial charge in [0.25, 0.3) is 0 Å². The molecule has 1 fully saturated rings. The summed E-state index contributed by atoms with van der Waals surface area (Å²) < 4.78 is 5.28. The van der Waals surface area contributed by atoms with Gasteiger partial charge in [-0.15, -0.1) is 0 Å². The van der Waals surface area contributed by atoms with Crippen LogP contribution in [0.3, 0.4) is 0 Å². The third kappa shape index (κ3) is 3.16. The van der Waals surface area contributed by atoms with Crippen molar-refractivity contribution in [3.63, 3.8) is 0 Å². The minimum atomic E-state index is -1.00. The molecule has 1 aliphatic rings. The number of hydrogen-bond acceptors (Lipinski definition) is 4. The van der Waals surface area contributed by atoms with Gasteiger partial charge >= 0.3 is 0 Å². The van der Waals surface area contributed by atoms with Gasteiger partial charge in [0, 0.05) is 18.9 Å². The lowest BCUT2D eigenvalue weighted by Gasteiger charge is -2.34. The Bertz CT molecular complexity index is 519. The first-order valence-electron chi connectivity index (χ1n) is 7.08. The molecule has 1 amide bonds. The fraction of sp³-hybridized carbons (Fsp3) is 0.467. The Labute approximate surface area is 124 Å². The minimum absolute atomic E-state index is 0.0616. The number of carbonyl (C=O) groups is 1. The molecular weight excluding hydrogens is 270 g/mol. The molecule has 2 rings (SSSR count). The number of amidine groups is 1. The van der Waals surface area contributed by atoms with Gasteiger partial charge in [-0.05, 0) is 37.0 Å². The molecule has 0 bridgehead atoms. The van der Waals surface area contributed by atoms with Crippen LogP contribution < -0.4 is 11.1 Å². The fourth-order valence-corrected chi connectivity index (χ4v) is 2.49. The lowest BCUT2D eigenvalue weighted by atomic mass is 9.78. The molecule has 0 unspecified atom stereocenters. The second-order valence-corrected chi connectivity index (χ2v) is 5.18. The first kappa shape index (κ1) is 15.3. The van der Waals surface area contributed by atoms with Crippen LogP contribution >= 0.6 is 0 Å². The van der Waals surface area contributed by atoms with Crippen LogP contribution in [0.4, 0.5) is 5.69 Å². The highest BCUT2D eigenvalue weighted by Crippen LogP contribution is 2.32. The molecule has 114 valence electrons. The number of nitrogens with zero attached hydrogens (tertiary/aromatic N) is 1. The zero-order chi connectivity index (χ0) is 15.3. The number of amides is 1. The van der Waals surface area contributed by atoms with Crippen molar-refractivity contribution in [2.75, 3.05) is 18.5 Å². The van der Waals surface area contributed by atoms with Gasteiger partial charge in [0.1, 0.15) is 5.41 Å². The number of carbonyl (C=O) groups excluding carboxylic acids is 1. The van der Waals surface area contributed by atoms with Crippen molar-refractivity contribution in [3.05, 3.63) is 29.8 Å². The highest BCUT2D eigenvalue weighted by molar-refractivity contribution is 6.11. The highest BCUT2D eigenvalue weighted by Gasteiger charge is 2.44. The largest absolute Gasteiger partial charge is 0.409 e. The molecule has 6 heteroatoms. The Morgan fingerprint density at radius 1 is 1.38 bits per heavy atom. The van der Waals surface area contributed by atoms with E-state index in [0.717, 1.165) is 6.42 Å². The molecule has 21 heavy (non-hydrogen) atoms. The van der Waals surface area contributed by atoms with E-state index in [0.29, 0.717) is 31.7 Å². The van der Waals surface area contributed by atoms with Crippen LogP contribution in [0, 0.1) is 5.41 Å². The molecule has 6 nitrogen and oxygen atoms in total. The number of benzene rings is 1. The molecule has 1 aromatic rings. The Morgan fingerprint density at radius 3 is 2.52 bits per heavy atom. The van der Waals surface area contributed by atoms with Crippen LogP contribution in [-0.2, 0) is 16.0 Å². The van der Waals surface area contributed by atoms with E-state index < -0.39 is 5.41 Å². The van der Waals surface area contributed by atoms with Crippen LogP contribution in [-0.4, -0.2) is 30.2 Å². The summed E-state index contributed by atoms with van der Waals surface area (Å²) >= 11 is 0. The summed E-state index contributed by atoms with van der Waals surface area (Å²) in [5.74, 6) is -0.321. The predicted molar refractivity (Wildman–Crippen MR) is 80.3 cm³/mol. The second kappa shape index (κ2) is 6.58. The summed E-state index contributed by atoms with van der Waals surface area (Å²) in [5.41, 5.74) is 6.66. The number of ether oxygens (including phenoxy) is 1. The molecule has 1 aromatic carbocycles. The summed E-state index contributed by atoms with van der Waals surface area (Å²) in [6.45, 7) is 2.90. The van der Waals surface area contributed by atoms with Gasteiger partial charge in [0.15, 0.2) is 5.84 Å². The Kier molecular flexibility index (Phi) is 4.80. The van der Waals surface area contributed by atoms with E-state index in [1.54, 1.807) is 0 Å². The van der Waals surface area contributed by atoms with Crippen LogP contribution in [0.1, 0.15) is 25.3 Å². The minimum Gasteiger partial charge on any atom is -0.409 e. The Morgan fingerprint density at radius 2 is 2.00 bits per heavy atom. The molecule has 4 N–H and O–H groups in total. The van der Waals surface area contributed by atoms with Crippen molar-refractivity contribution >= 4 is 17.4 Å². The number of aryl methyl sites for hydroxylation is 1. The number of anilines is 1. The summed E-state index contributed by atoms with van der Waals surface area (Å²) in [6.07, 6.45) is 1.75. The van der Waals surface area contributed by atoms with E-state index in [2.05, 4.69) is 17.4 Å². The molecule has 0 atom stereocenters. The fourth-order valence-electron chi connectivity index (χ4n) is 2.49. The zero-order valence-corrected chi connectivity index (χ0v) is 12.1. The molecule has 0 aliphatic carbocycles. The van der Waals surface area contributed by atoms with Crippen LogP contribution in [0.5, 0.6) is 0 Å². The second-order valence-electron chi connectivity index (χ2n) is 5.18. The average Bonchev–Trinajstić information content (AvgIpc) is 2.55. The molecule has 0 spiro atoms. The van der Waals surface area contributed by atoms with Crippen LogP contribution in [0.25, 0.3) is 0 Å². The van der Waals surface area contributed by atoms with Gasteiger partial charge in [-0.2, -0.15) is 0 Å². The van der Waals surface area contributed by atoms with Crippen molar-refractivity contribution in [1.82, 2.24) is 0 Å². The van der Waals surface area contributed by atoms with Crippen molar-refractivity contribution < 1.29 is 14.7 Å². The number of nitrogens with two attached hydrogens (primary N) is 1. The third-order valence-electron chi connectivity index (χ3n) is 4.00. The standard InChI is InChI=1S/C15H21N3O3/c1-2-11-3-5-12(6-4-11)17-14(19)15(13(16)18-20)7-9-21-10-8-15/h3-6,20H,2,7-10H2,1H3,(H2,16,18)(H,17,19). The maximum atomic E-state index is 12.6. The number of rotatable bonds is 4. The zero-order valence-electron chi connectivity index (χ0n) is 12.1. The van der Waals surface area contributed by atoms with Crippen molar-refractivity contribution in [1.29, 1.82) is 0 Å². The van der Waals surface area contributed by atoms with Gasteiger partial charge in [0.2, 0.25) is 5.91 Å². The van der Waals surface area contributed by atoms with Gasteiger partial charge in [-0.3, -0.25) is 4.79 Å². The normalized spacial score (nSPS) is 18.2. The molecule has 0 radical (unpaired) electrons. The molecular formula is C15H21N3O3. The summed E-state index contributed by atoms with van der Waals surface area (Å²) in [5, 5.41) is 14.9. The van der Waals surface area contributed by atoms with E-state index in [4.69, 9.17) is 15.7 Å². The maximum Gasteiger partial charge on any atom is 0.238 e. The molecule has 1 aliphatic heterocycles. The van der Waals surface area contributed by atoms with E-state index >= 15 is 0 Å².